The third-order valence-electron chi connectivity index (χ3n) is 4.21. The van der Waals surface area contributed by atoms with E-state index in [4.69, 9.17) is 9.47 Å². The predicted molar refractivity (Wildman–Crippen MR) is 117 cm³/mol. The Kier molecular flexibility index (Phi) is 9.11. The summed E-state index contributed by atoms with van der Waals surface area (Å²) in [5.74, 6) is 1.73. The minimum atomic E-state index is -0.568. The summed E-state index contributed by atoms with van der Waals surface area (Å²) in [5, 5.41) is 5.98. The molecule has 7 nitrogen and oxygen atoms in total. The summed E-state index contributed by atoms with van der Waals surface area (Å²) in [4.78, 5) is 26.0. The van der Waals surface area contributed by atoms with Crippen LogP contribution in [0.4, 0.5) is 15.3 Å². The fourth-order valence-electron chi connectivity index (χ4n) is 2.66. The summed E-state index contributed by atoms with van der Waals surface area (Å²) < 4.78 is 10.4. The zero-order chi connectivity index (χ0) is 19.8. The Labute approximate surface area is 180 Å². The number of rotatable bonds is 5. The molecule has 2 aromatic rings. The third-order valence-corrected chi connectivity index (χ3v) is 5.19. The highest BCUT2D eigenvalue weighted by molar-refractivity contribution is 8.12. The number of amides is 2. The van der Waals surface area contributed by atoms with Crippen molar-refractivity contribution in [2.75, 3.05) is 38.6 Å². The highest BCUT2D eigenvalue weighted by atomic mass is 35.5. The van der Waals surface area contributed by atoms with Crippen molar-refractivity contribution >= 4 is 41.2 Å². The van der Waals surface area contributed by atoms with Gasteiger partial charge in [0.15, 0.2) is 0 Å². The monoisotopic (exact) mass is 437 g/mol. The summed E-state index contributed by atoms with van der Waals surface area (Å²) in [5.41, 5.74) is 1.61. The molecule has 1 aliphatic heterocycles. The molecule has 2 aromatic carbocycles. The van der Waals surface area contributed by atoms with Crippen molar-refractivity contribution in [2.24, 2.45) is 0 Å². The van der Waals surface area contributed by atoms with E-state index in [9.17, 15) is 9.59 Å². The molecule has 2 amide bonds. The van der Waals surface area contributed by atoms with Gasteiger partial charge in [0.05, 0.1) is 7.11 Å². The molecule has 1 fully saturated rings. The lowest BCUT2D eigenvalue weighted by Crippen LogP contribution is -2.45. The van der Waals surface area contributed by atoms with Gasteiger partial charge in [0.1, 0.15) is 11.5 Å². The maximum atomic E-state index is 12.2. The topological polar surface area (TPSA) is 79.9 Å². The van der Waals surface area contributed by atoms with Gasteiger partial charge in [-0.15, -0.1) is 12.4 Å². The summed E-state index contributed by atoms with van der Waals surface area (Å²) in [6.07, 6.45) is -0.568. The Bertz CT molecular complexity index is 796. The van der Waals surface area contributed by atoms with E-state index in [1.54, 1.807) is 43.5 Å². The van der Waals surface area contributed by atoms with Crippen molar-refractivity contribution in [3.63, 3.8) is 0 Å². The molecule has 1 aliphatic rings. The maximum absolute atomic E-state index is 12.2. The van der Waals surface area contributed by atoms with Crippen molar-refractivity contribution < 1.29 is 19.1 Å². The SMILES string of the molecule is COc1ccc(NC(=O)Oc2ccc(CSC(=O)N3CCNCC3)cc2)cc1.Cl. The van der Waals surface area contributed by atoms with Gasteiger partial charge < -0.3 is 19.7 Å². The van der Waals surface area contributed by atoms with E-state index in [0.717, 1.165) is 31.7 Å². The van der Waals surface area contributed by atoms with Crippen molar-refractivity contribution in [3.05, 3.63) is 54.1 Å². The van der Waals surface area contributed by atoms with Crippen molar-refractivity contribution in [2.45, 2.75) is 5.75 Å². The highest BCUT2D eigenvalue weighted by Crippen LogP contribution is 2.20. The molecular weight excluding hydrogens is 414 g/mol. The van der Waals surface area contributed by atoms with Crippen molar-refractivity contribution in [1.82, 2.24) is 10.2 Å². The minimum absolute atomic E-state index is 0. The quantitative estimate of drug-likeness (QED) is 0.736. The van der Waals surface area contributed by atoms with Crippen LogP contribution in [0.15, 0.2) is 48.5 Å². The summed E-state index contributed by atoms with van der Waals surface area (Å²) >= 11 is 1.29. The van der Waals surface area contributed by atoms with E-state index in [1.807, 2.05) is 17.0 Å². The smallest absolute Gasteiger partial charge is 0.417 e. The molecule has 3 rings (SSSR count). The van der Waals surface area contributed by atoms with Gasteiger partial charge >= 0.3 is 6.09 Å². The molecule has 0 spiro atoms. The second-order valence-electron chi connectivity index (χ2n) is 6.18. The van der Waals surface area contributed by atoms with Crippen LogP contribution in [-0.2, 0) is 5.75 Å². The van der Waals surface area contributed by atoms with Gasteiger partial charge in [-0.05, 0) is 42.0 Å². The molecule has 29 heavy (non-hydrogen) atoms. The average molecular weight is 438 g/mol. The number of hydrogen-bond donors (Lipinski definition) is 2. The predicted octanol–water partition coefficient (Wildman–Crippen LogP) is 3.99. The molecule has 0 bridgehead atoms. The van der Waals surface area contributed by atoms with Crippen LogP contribution in [-0.4, -0.2) is 49.5 Å². The van der Waals surface area contributed by atoms with Crippen LogP contribution >= 0.6 is 24.2 Å². The van der Waals surface area contributed by atoms with Crippen LogP contribution in [0.25, 0.3) is 0 Å². The van der Waals surface area contributed by atoms with Crippen LogP contribution in [0.3, 0.4) is 0 Å². The molecule has 9 heteroatoms. The van der Waals surface area contributed by atoms with Gasteiger partial charge in [-0.25, -0.2) is 4.79 Å². The number of nitrogens with one attached hydrogen (secondary N) is 2. The van der Waals surface area contributed by atoms with E-state index in [-0.39, 0.29) is 17.6 Å². The maximum Gasteiger partial charge on any atom is 0.417 e. The number of piperazine rings is 1. The molecule has 156 valence electrons. The number of hydrogen-bond acceptors (Lipinski definition) is 6. The number of halogens is 1. The van der Waals surface area contributed by atoms with Crippen molar-refractivity contribution in [1.29, 1.82) is 0 Å². The fourth-order valence-corrected chi connectivity index (χ4v) is 3.51. The van der Waals surface area contributed by atoms with Crippen LogP contribution < -0.4 is 20.1 Å². The summed E-state index contributed by atoms with van der Waals surface area (Å²) in [7, 11) is 1.58. The zero-order valence-electron chi connectivity index (χ0n) is 16.1. The molecule has 0 atom stereocenters. The second kappa shape index (κ2) is 11.5. The lowest BCUT2D eigenvalue weighted by atomic mass is 10.2. The fraction of sp³-hybridized carbons (Fsp3) is 0.300. The molecule has 0 radical (unpaired) electrons. The zero-order valence-corrected chi connectivity index (χ0v) is 17.7. The Morgan fingerprint density at radius 2 is 1.66 bits per heavy atom. The number of ether oxygens (including phenoxy) is 2. The first-order valence-electron chi connectivity index (χ1n) is 8.98. The largest absolute Gasteiger partial charge is 0.497 e. The van der Waals surface area contributed by atoms with E-state index >= 15 is 0 Å². The third kappa shape index (κ3) is 7.16. The molecule has 1 heterocycles. The standard InChI is InChI=1S/C20H23N3O4S.ClH/c1-26-17-8-4-16(5-9-17)22-19(24)27-18-6-2-15(3-7-18)14-28-20(25)23-12-10-21-11-13-23;/h2-9,21H,10-14H2,1H3,(H,22,24);1H. The summed E-state index contributed by atoms with van der Waals surface area (Å²) in [6, 6.07) is 14.1. The molecule has 1 saturated heterocycles. The van der Waals surface area contributed by atoms with E-state index in [1.165, 1.54) is 11.8 Å². The van der Waals surface area contributed by atoms with E-state index in [0.29, 0.717) is 22.9 Å². The average Bonchev–Trinajstić information content (AvgIpc) is 2.74. The molecular formula is C20H24ClN3O4S. The summed E-state index contributed by atoms with van der Waals surface area (Å²) in [6.45, 7) is 3.19. The number of thioether (sulfide) groups is 1. The Balaban J connectivity index is 0.00000300. The van der Waals surface area contributed by atoms with Gasteiger partial charge in [0.2, 0.25) is 0 Å². The first-order valence-corrected chi connectivity index (χ1v) is 9.97. The van der Waals surface area contributed by atoms with Crippen LogP contribution in [0.5, 0.6) is 11.5 Å². The Morgan fingerprint density at radius 1 is 1.03 bits per heavy atom. The van der Waals surface area contributed by atoms with E-state index < -0.39 is 6.09 Å². The van der Waals surface area contributed by atoms with Crippen LogP contribution in [0.1, 0.15) is 5.56 Å². The number of nitrogens with zero attached hydrogens (tertiary/aromatic N) is 1. The van der Waals surface area contributed by atoms with Gasteiger partial charge in [-0.2, -0.15) is 0 Å². The number of carbonyl (C=O) groups excluding carboxylic acids is 2. The van der Waals surface area contributed by atoms with Gasteiger partial charge in [0.25, 0.3) is 5.24 Å². The van der Waals surface area contributed by atoms with Crippen molar-refractivity contribution in [3.8, 4) is 11.5 Å². The van der Waals surface area contributed by atoms with Gasteiger partial charge in [-0.1, -0.05) is 23.9 Å². The number of benzene rings is 2. The lowest BCUT2D eigenvalue weighted by Gasteiger charge is -2.26. The number of methoxy groups -OCH3 is 1. The van der Waals surface area contributed by atoms with Crippen LogP contribution in [0, 0.1) is 0 Å². The number of carbonyl (C=O) groups is 2. The molecule has 0 saturated carbocycles. The van der Waals surface area contributed by atoms with Gasteiger partial charge in [0, 0.05) is 37.6 Å². The molecule has 0 unspecified atom stereocenters. The van der Waals surface area contributed by atoms with E-state index in [2.05, 4.69) is 10.6 Å². The number of anilines is 1. The van der Waals surface area contributed by atoms with Crippen LogP contribution in [0.2, 0.25) is 0 Å². The highest BCUT2D eigenvalue weighted by Gasteiger charge is 2.16. The Hall–Kier alpha value is -2.42. The van der Waals surface area contributed by atoms with Gasteiger partial charge in [-0.3, -0.25) is 10.1 Å². The normalized spacial score (nSPS) is 13.2. The second-order valence-corrected chi connectivity index (χ2v) is 7.11. The minimum Gasteiger partial charge on any atom is -0.497 e. The Morgan fingerprint density at radius 3 is 2.28 bits per heavy atom. The first kappa shape index (κ1) is 22.9. The molecule has 0 aromatic heterocycles. The molecule has 2 N–H and O–H groups in total. The lowest BCUT2D eigenvalue weighted by molar-refractivity contribution is 0.214. The first-order chi connectivity index (χ1) is 13.6. The molecule has 0 aliphatic carbocycles.